The van der Waals surface area contributed by atoms with E-state index in [0.717, 1.165) is 31.5 Å². The van der Waals surface area contributed by atoms with Crippen molar-refractivity contribution < 1.29 is 18.3 Å². The van der Waals surface area contributed by atoms with Crippen molar-refractivity contribution in [3.63, 3.8) is 0 Å². The summed E-state index contributed by atoms with van der Waals surface area (Å²) in [5, 5.41) is 3.31. The molecule has 0 radical (unpaired) electrons. The molecule has 0 aliphatic carbocycles. The monoisotopic (exact) mass is 271 g/mol. The summed E-state index contributed by atoms with van der Waals surface area (Å²) in [6, 6.07) is 5.27. The van der Waals surface area contributed by atoms with Crippen molar-refractivity contribution in [2.75, 3.05) is 19.7 Å². The lowest BCUT2D eigenvalue weighted by molar-refractivity contribution is -0.0514. The number of hydrogen-bond donors (Lipinski definition) is 1. The van der Waals surface area contributed by atoms with Crippen LogP contribution in [-0.4, -0.2) is 26.3 Å². The van der Waals surface area contributed by atoms with Crippen LogP contribution in [0.4, 0.5) is 8.78 Å². The van der Waals surface area contributed by atoms with Gasteiger partial charge in [0, 0.05) is 0 Å². The first-order valence-corrected chi connectivity index (χ1v) is 6.63. The largest absolute Gasteiger partial charge is 0.490 e. The molecule has 1 saturated heterocycles. The van der Waals surface area contributed by atoms with Gasteiger partial charge < -0.3 is 14.8 Å². The van der Waals surface area contributed by atoms with Gasteiger partial charge in [0.1, 0.15) is 0 Å². The van der Waals surface area contributed by atoms with Crippen molar-refractivity contribution >= 4 is 0 Å². The smallest absolute Gasteiger partial charge is 0.387 e. The Balaban J connectivity index is 2.19. The van der Waals surface area contributed by atoms with Gasteiger partial charge in [-0.2, -0.15) is 8.78 Å². The standard InChI is InChI=1S/C14H19F2NO2/c1-2-18-13-9-11(10-5-7-17-8-6-10)3-4-12(13)19-14(15)16/h3-4,9-10,14,17H,2,5-8H2,1H3. The highest BCUT2D eigenvalue weighted by molar-refractivity contribution is 5.44. The fraction of sp³-hybridized carbons (Fsp3) is 0.571. The second kappa shape index (κ2) is 6.70. The molecule has 0 spiro atoms. The molecule has 2 rings (SSSR count). The zero-order valence-electron chi connectivity index (χ0n) is 11.0. The van der Waals surface area contributed by atoms with Gasteiger partial charge in [0.2, 0.25) is 0 Å². The zero-order chi connectivity index (χ0) is 13.7. The molecule has 1 fully saturated rings. The molecule has 1 N–H and O–H groups in total. The summed E-state index contributed by atoms with van der Waals surface area (Å²) >= 11 is 0. The SMILES string of the molecule is CCOc1cc(C2CCNCC2)ccc1OC(F)F. The number of nitrogens with one attached hydrogen (secondary N) is 1. The van der Waals surface area contributed by atoms with Gasteiger partial charge in [-0.1, -0.05) is 6.07 Å². The molecule has 0 aromatic heterocycles. The summed E-state index contributed by atoms with van der Waals surface area (Å²) in [7, 11) is 0. The molecule has 0 atom stereocenters. The summed E-state index contributed by atoms with van der Waals surface area (Å²) < 4.78 is 34.5. The predicted molar refractivity (Wildman–Crippen MR) is 69.1 cm³/mol. The zero-order valence-corrected chi connectivity index (χ0v) is 11.0. The molecule has 0 bridgehead atoms. The van der Waals surface area contributed by atoms with Crippen molar-refractivity contribution in [2.45, 2.75) is 32.3 Å². The number of alkyl halides is 2. The van der Waals surface area contributed by atoms with E-state index in [1.807, 2.05) is 19.1 Å². The number of halogens is 2. The first-order chi connectivity index (χ1) is 9.20. The minimum atomic E-state index is -2.83. The van der Waals surface area contributed by atoms with Crippen LogP contribution in [0.3, 0.4) is 0 Å². The summed E-state index contributed by atoms with van der Waals surface area (Å²) in [4.78, 5) is 0. The highest BCUT2D eigenvalue weighted by Crippen LogP contribution is 2.34. The van der Waals surface area contributed by atoms with Gasteiger partial charge in [0.15, 0.2) is 11.5 Å². The Labute approximate surface area is 111 Å². The average molecular weight is 271 g/mol. The molecular weight excluding hydrogens is 252 g/mol. The molecule has 0 amide bonds. The van der Waals surface area contributed by atoms with Crippen molar-refractivity contribution in [2.24, 2.45) is 0 Å². The van der Waals surface area contributed by atoms with Gasteiger partial charge in [-0.3, -0.25) is 0 Å². The van der Waals surface area contributed by atoms with Gasteiger partial charge in [-0.15, -0.1) is 0 Å². The highest BCUT2D eigenvalue weighted by atomic mass is 19.3. The van der Waals surface area contributed by atoms with Gasteiger partial charge in [0.05, 0.1) is 6.61 Å². The molecule has 1 aromatic carbocycles. The number of ether oxygens (including phenoxy) is 2. The maximum Gasteiger partial charge on any atom is 0.387 e. The van der Waals surface area contributed by atoms with Gasteiger partial charge in [-0.25, -0.2) is 0 Å². The van der Waals surface area contributed by atoms with Crippen LogP contribution in [0.5, 0.6) is 11.5 Å². The number of piperidine rings is 1. The Bertz CT molecular complexity index is 406. The van der Waals surface area contributed by atoms with Crippen LogP contribution in [0.2, 0.25) is 0 Å². The third-order valence-corrected chi connectivity index (χ3v) is 3.29. The summed E-state index contributed by atoms with van der Waals surface area (Å²) in [6.07, 6.45) is 2.11. The minimum absolute atomic E-state index is 0.106. The topological polar surface area (TPSA) is 30.5 Å². The Morgan fingerprint density at radius 2 is 2.00 bits per heavy atom. The summed E-state index contributed by atoms with van der Waals surface area (Å²) in [5.74, 6) is 0.967. The third kappa shape index (κ3) is 3.80. The lowest BCUT2D eigenvalue weighted by atomic mass is 9.90. The van der Waals surface area contributed by atoms with E-state index in [9.17, 15) is 8.78 Å². The number of benzene rings is 1. The van der Waals surface area contributed by atoms with E-state index in [0.29, 0.717) is 18.3 Å². The van der Waals surface area contributed by atoms with Crippen LogP contribution >= 0.6 is 0 Å². The van der Waals surface area contributed by atoms with Crippen molar-refractivity contribution in [1.29, 1.82) is 0 Å². The van der Waals surface area contributed by atoms with Crippen LogP contribution < -0.4 is 14.8 Å². The van der Waals surface area contributed by atoms with Gasteiger partial charge in [0.25, 0.3) is 0 Å². The molecule has 1 aliphatic heterocycles. The second-order valence-electron chi connectivity index (χ2n) is 4.54. The van der Waals surface area contributed by atoms with Crippen LogP contribution in [-0.2, 0) is 0 Å². The molecule has 3 nitrogen and oxygen atoms in total. The maximum absolute atomic E-state index is 12.3. The van der Waals surface area contributed by atoms with E-state index in [2.05, 4.69) is 10.1 Å². The Kier molecular flexibility index (Phi) is 4.96. The molecule has 1 aliphatic rings. The molecule has 1 heterocycles. The van der Waals surface area contributed by atoms with E-state index in [4.69, 9.17) is 4.74 Å². The van der Waals surface area contributed by atoms with Crippen molar-refractivity contribution in [1.82, 2.24) is 5.32 Å². The fourth-order valence-electron chi connectivity index (χ4n) is 2.40. The summed E-state index contributed by atoms with van der Waals surface area (Å²) in [6.45, 7) is 1.40. The van der Waals surface area contributed by atoms with Crippen LogP contribution in [0.15, 0.2) is 18.2 Å². The van der Waals surface area contributed by atoms with Gasteiger partial charge >= 0.3 is 6.61 Å². The maximum atomic E-state index is 12.3. The fourth-order valence-corrected chi connectivity index (χ4v) is 2.40. The highest BCUT2D eigenvalue weighted by Gasteiger charge is 2.18. The Morgan fingerprint density at radius 1 is 1.26 bits per heavy atom. The van der Waals surface area contributed by atoms with Crippen LogP contribution in [0.1, 0.15) is 31.2 Å². The van der Waals surface area contributed by atoms with Crippen LogP contribution in [0, 0.1) is 0 Å². The van der Waals surface area contributed by atoms with Crippen molar-refractivity contribution in [3.8, 4) is 11.5 Å². The molecule has 19 heavy (non-hydrogen) atoms. The Hall–Kier alpha value is -1.36. The van der Waals surface area contributed by atoms with E-state index >= 15 is 0 Å². The normalized spacial score (nSPS) is 16.6. The molecule has 5 heteroatoms. The molecular formula is C14H19F2NO2. The average Bonchev–Trinajstić information content (AvgIpc) is 2.41. The second-order valence-corrected chi connectivity index (χ2v) is 4.54. The Morgan fingerprint density at radius 3 is 2.63 bits per heavy atom. The number of rotatable bonds is 5. The van der Waals surface area contributed by atoms with Gasteiger partial charge in [-0.05, 0) is 56.5 Å². The quantitative estimate of drug-likeness (QED) is 0.892. The van der Waals surface area contributed by atoms with Crippen LogP contribution in [0.25, 0.3) is 0 Å². The molecule has 106 valence electrons. The predicted octanol–water partition coefficient (Wildman–Crippen LogP) is 3.15. The summed E-state index contributed by atoms with van der Waals surface area (Å²) in [5.41, 5.74) is 1.13. The van der Waals surface area contributed by atoms with E-state index < -0.39 is 6.61 Å². The number of hydrogen-bond acceptors (Lipinski definition) is 3. The molecule has 1 aromatic rings. The lowest BCUT2D eigenvalue weighted by Crippen LogP contribution is -2.26. The van der Waals surface area contributed by atoms with Crippen molar-refractivity contribution in [3.05, 3.63) is 23.8 Å². The van der Waals surface area contributed by atoms with E-state index in [1.165, 1.54) is 0 Å². The first-order valence-electron chi connectivity index (χ1n) is 6.63. The first kappa shape index (κ1) is 14.1. The van der Waals surface area contributed by atoms with E-state index in [-0.39, 0.29) is 5.75 Å². The van der Waals surface area contributed by atoms with E-state index in [1.54, 1.807) is 6.07 Å². The lowest BCUT2D eigenvalue weighted by Gasteiger charge is -2.24. The minimum Gasteiger partial charge on any atom is -0.490 e. The molecule has 0 unspecified atom stereocenters. The third-order valence-electron chi connectivity index (χ3n) is 3.29. The molecule has 0 saturated carbocycles.